The minimum absolute atomic E-state index is 0.214. The molecule has 2 nitrogen and oxygen atoms in total. The summed E-state index contributed by atoms with van der Waals surface area (Å²) in [6.07, 6.45) is 2.27. The van der Waals surface area contributed by atoms with Crippen LogP contribution in [0.1, 0.15) is 90.3 Å². The maximum absolute atomic E-state index is 2.51. The largest absolute Gasteiger partial charge is 0.310 e. The Morgan fingerprint density at radius 2 is 0.625 bits per heavy atom. The summed E-state index contributed by atoms with van der Waals surface area (Å²) in [4.78, 5) is 5.01. The fraction of sp³-hybridized carbons (Fsp3) is 0.0930. The summed E-state index contributed by atoms with van der Waals surface area (Å²) in [6.45, 7) is 11.6. The molecule has 0 atom stereocenters. The quantitative estimate of drug-likeness (QED) is 0.119. The molecule has 0 amide bonds. The van der Waals surface area contributed by atoms with Crippen molar-refractivity contribution in [1.82, 2.24) is 0 Å². The van der Waals surface area contributed by atoms with E-state index in [2.05, 4.69) is 354 Å². The van der Waals surface area contributed by atoms with E-state index in [1.807, 2.05) is 0 Å². The van der Waals surface area contributed by atoms with Crippen LogP contribution in [0.15, 0.2) is 309 Å². The van der Waals surface area contributed by atoms with Crippen LogP contribution in [0.25, 0.3) is 60.1 Å². The molecular formula is C86H66N2. The van der Waals surface area contributed by atoms with Crippen LogP contribution >= 0.6 is 0 Å². The van der Waals surface area contributed by atoms with Crippen LogP contribution in [0.5, 0.6) is 0 Å². The van der Waals surface area contributed by atoms with Crippen molar-refractivity contribution in [2.75, 3.05) is 9.80 Å². The average Bonchev–Trinajstić information content (AvgIpc) is 1.34. The number of hydrogen-bond acceptors (Lipinski definition) is 2. The van der Waals surface area contributed by atoms with E-state index in [-0.39, 0.29) is 5.41 Å². The summed E-state index contributed by atoms with van der Waals surface area (Å²) in [5.41, 5.74) is 24.5. The van der Waals surface area contributed by atoms with Crippen molar-refractivity contribution in [2.24, 2.45) is 0 Å². The molecule has 2 aliphatic rings. The predicted octanol–water partition coefficient (Wildman–Crippen LogP) is 23.0. The van der Waals surface area contributed by atoms with Gasteiger partial charge in [-0.05, 0) is 180 Å². The van der Waals surface area contributed by atoms with Crippen LogP contribution in [0.4, 0.5) is 34.1 Å². The zero-order valence-corrected chi connectivity index (χ0v) is 50.3. The number of fused-ring (bicyclic) bond motifs is 6. The molecule has 0 bridgehead atoms. The zero-order valence-electron chi connectivity index (χ0n) is 50.3. The van der Waals surface area contributed by atoms with E-state index >= 15 is 0 Å². The maximum Gasteiger partial charge on any atom is 0.0713 e. The number of rotatable bonds is 11. The number of nitrogens with zero attached hydrogens (tertiary/aromatic N) is 2. The lowest BCUT2D eigenvalue weighted by atomic mass is 9.67. The molecule has 0 aromatic heterocycles. The van der Waals surface area contributed by atoms with E-state index in [4.69, 9.17) is 0 Å². The van der Waals surface area contributed by atoms with Crippen molar-refractivity contribution in [1.29, 1.82) is 0 Å². The van der Waals surface area contributed by atoms with Crippen molar-refractivity contribution in [2.45, 2.75) is 50.9 Å². The molecule has 14 aromatic rings. The van der Waals surface area contributed by atoms with Crippen molar-refractivity contribution in [3.8, 4) is 22.3 Å². The van der Waals surface area contributed by atoms with Gasteiger partial charge in [0.1, 0.15) is 0 Å². The number of para-hydroxylation sites is 2. The van der Waals surface area contributed by atoms with Gasteiger partial charge >= 0.3 is 0 Å². The molecule has 16 rings (SSSR count). The van der Waals surface area contributed by atoms with E-state index in [1.54, 1.807) is 0 Å². The van der Waals surface area contributed by atoms with E-state index in [9.17, 15) is 0 Å². The Morgan fingerprint density at radius 3 is 1.01 bits per heavy atom. The van der Waals surface area contributed by atoms with Gasteiger partial charge in [0.25, 0.3) is 0 Å². The van der Waals surface area contributed by atoms with Gasteiger partial charge in [-0.2, -0.15) is 0 Å². The fourth-order valence-corrected chi connectivity index (χ4v) is 15.6. The predicted molar refractivity (Wildman–Crippen MR) is 372 cm³/mol. The minimum Gasteiger partial charge on any atom is -0.310 e. The lowest BCUT2D eigenvalue weighted by Gasteiger charge is -2.35. The summed E-state index contributed by atoms with van der Waals surface area (Å²) in [5.74, 6) is 0. The molecule has 0 aliphatic heterocycles. The van der Waals surface area contributed by atoms with Gasteiger partial charge in [-0.15, -0.1) is 0 Å². The lowest BCUT2D eigenvalue weighted by Crippen LogP contribution is -2.28. The highest BCUT2D eigenvalue weighted by molar-refractivity contribution is 6.30. The monoisotopic (exact) mass is 1130 g/mol. The van der Waals surface area contributed by atoms with Crippen LogP contribution < -0.4 is 9.80 Å². The van der Waals surface area contributed by atoms with E-state index < -0.39 is 10.8 Å². The van der Waals surface area contributed by atoms with Crippen molar-refractivity contribution >= 4 is 72.0 Å². The highest BCUT2D eigenvalue weighted by Gasteiger charge is 2.47. The van der Waals surface area contributed by atoms with Gasteiger partial charge in [0, 0.05) is 38.9 Å². The molecule has 88 heavy (non-hydrogen) atoms. The van der Waals surface area contributed by atoms with Crippen molar-refractivity contribution in [3.63, 3.8) is 0 Å². The second-order valence-electron chi connectivity index (χ2n) is 25.0. The third kappa shape index (κ3) is 7.81. The highest BCUT2D eigenvalue weighted by Crippen LogP contribution is 2.59. The second-order valence-corrected chi connectivity index (χ2v) is 25.0. The summed E-state index contributed by atoms with van der Waals surface area (Å²) in [7, 11) is 0. The normalized spacial score (nSPS) is 13.8. The Labute approximate surface area is 516 Å². The van der Waals surface area contributed by atoms with Gasteiger partial charge in [-0.25, -0.2) is 0 Å². The third-order valence-corrected chi connectivity index (χ3v) is 19.5. The Balaban J connectivity index is 0.919. The summed E-state index contributed by atoms with van der Waals surface area (Å²) in [5, 5.41) is 7.46. The van der Waals surface area contributed by atoms with Gasteiger partial charge in [0.2, 0.25) is 0 Å². The smallest absolute Gasteiger partial charge is 0.0713 e. The van der Waals surface area contributed by atoms with Gasteiger partial charge in [-0.1, -0.05) is 270 Å². The van der Waals surface area contributed by atoms with Gasteiger partial charge in [0.15, 0.2) is 0 Å². The Kier molecular flexibility index (Phi) is 12.4. The Morgan fingerprint density at radius 1 is 0.318 bits per heavy atom. The first-order valence-electron chi connectivity index (χ1n) is 31.0. The summed E-state index contributed by atoms with van der Waals surface area (Å²) >= 11 is 0. The summed E-state index contributed by atoms with van der Waals surface area (Å²) < 4.78 is 0. The lowest BCUT2D eigenvalue weighted by molar-refractivity contribution is 0.596. The first kappa shape index (κ1) is 53.0. The molecule has 0 fully saturated rings. The van der Waals surface area contributed by atoms with E-state index in [1.165, 1.54) is 116 Å². The van der Waals surface area contributed by atoms with Crippen LogP contribution in [0.3, 0.4) is 0 Å². The Hall–Kier alpha value is -10.5. The van der Waals surface area contributed by atoms with Crippen molar-refractivity contribution in [3.05, 3.63) is 365 Å². The number of hydrogen-bond donors (Lipinski definition) is 0. The summed E-state index contributed by atoms with van der Waals surface area (Å²) in [6, 6.07) is 114. The molecule has 0 saturated heterocycles. The molecule has 0 heterocycles. The van der Waals surface area contributed by atoms with Crippen LogP contribution in [0, 0.1) is 0 Å². The van der Waals surface area contributed by atoms with Gasteiger partial charge in [-0.3, -0.25) is 0 Å². The van der Waals surface area contributed by atoms with Gasteiger partial charge in [0.05, 0.1) is 22.2 Å². The molecule has 420 valence electrons. The first-order valence-corrected chi connectivity index (χ1v) is 31.0. The molecular weight excluding hydrogens is 1060 g/mol. The van der Waals surface area contributed by atoms with E-state index in [0.29, 0.717) is 0 Å². The molecule has 0 unspecified atom stereocenters. The Bertz CT molecular complexity index is 4910. The van der Waals surface area contributed by atoms with Crippen LogP contribution in [0.2, 0.25) is 0 Å². The van der Waals surface area contributed by atoms with Crippen LogP contribution in [-0.2, 0) is 16.2 Å². The zero-order chi connectivity index (χ0) is 59.3. The molecule has 2 aliphatic carbocycles. The molecule has 14 aromatic carbocycles. The van der Waals surface area contributed by atoms with E-state index in [0.717, 1.165) is 34.1 Å². The molecule has 2 heteroatoms. The topological polar surface area (TPSA) is 6.48 Å². The molecule has 0 radical (unpaired) electrons. The minimum atomic E-state index is -0.509. The number of benzene rings is 14. The second kappa shape index (κ2) is 20.6. The number of anilines is 6. The first-order chi connectivity index (χ1) is 43.2. The van der Waals surface area contributed by atoms with Crippen LogP contribution in [-0.4, -0.2) is 0 Å². The highest BCUT2D eigenvalue weighted by atomic mass is 15.2. The maximum atomic E-state index is 2.51. The molecule has 0 N–H and O–H groups in total. The fourth-order valence-electron chi connectivity index (χ4n) is 15.6. The standard InChI is InChI=1S/C86H66N2/c1-6-57(2)74-55-80(87(62-31-15-9-16-32-62)64-47-43-60(44-48-64)85(58-27-11-7-12-28-58)75-39-23-19-35-66(75)67-36-20-24-40-76(67)85)72-54-52-71-79(84(3,4)5)56-81(73-53-51-70(74)82(72)83(71)73)88(63-33-17-10-18-34-63)65-49-45-61(46-50-65)86(59-29-13-8-14-30-59)77-41-25-21-37-68(77)69-38-22-26-42-78(69)86/h6-56H,1-5H3/b57-6+. The number of allylic oxidation sites excluding steroid dienone is 2. The SMILES string of the molecule is C/C=C(\C)c1cc(N(c2ccccc2)c2ccc(C3(c4ccccc4)c4ccccc4-c4ccccc43)cc2)c2ccc3c(C(C)(C)C)cc(N(c4ccccc4)c4ccc(C5(c6ccccc6)c6ccccc6-c6ccccc65)cc4)c4ccc1c2c43. The average molecular weight is 1130 g/mol. The molecule has 0 spiro atoms. The van der Waals surface area contributed by atoms with Crippen molar-refractivity contribution < 1.29 is 0 Å². The van der Waals surface area contributed by atoms with Gasteiger partial charge < -0.3 is 9.80 Å². The molecule has 0 saturated carbocycles. The third-order valence-electron chi connectivity index (χ3n) is 19.5.